The molecule has 1 N–H and O–H groups in total. The number of nitrogens with zero attached hydrogens (tertiary/aromatic N) is 2. The number of thioether (sulfide) groups is 1. The van der Waals surface area contributed by atoms with Gasteiger partial charge in [0.15, 0.2) is 6.61 Å². The lowest BCUT2D eigenvalue weighted by atomic mass is 10.1. The molecule has 1 heterocycles. The smallest absolute Gasteiger partial charge is 0.344 e. The minimum atomic E-state index is -0.774. The number of nitriles is 1. The van der Waals surface area contributed by atoms with E-state index in [1.54, 1.807) is 67.6 Å². The average Bonchev–Trinajstić information content (AvgIpc) is 3.08. The number of esters is 1. The number of hydrogen-bond donors (Lipinski definition) is 1. The maximum absolute atomic E-state index is 12.5. The van der Waals surface area contributed by atoms with Crippen LogP contribution in [-0.4, -0.2) is 35.2 Å². The summed E-state index contributed by atoms with van der Waals surface area (Å²) in [6.45, 7) is 1.61. The Morgan fingerprint density at radius 1 is 1.16 bits per heavy atom. The van der Waals surface area contributed by atoms with E-state index in [0.717, 1.165) is 11.8 Å². The van der Waals surface area contributed by atoms with Crippen LogP contribution >= 0.6 is 11.8 Å². The van der Waals surface area contributed by atoms with Gasteiger partial charge < -0.3 is 14.6 Å². The number of rotatable bonds is 6. The van der Waals surface area contributed by atoms with Gasteiger partial charge in [-0.15, -0.1) is 0 Å². The molecule has 0 saturated heterocycles. The first-order valence-electron chi connectivity index (χ1n) is 9.32. The van der Waals surface area contributed by atoms with Gasteiger partial charge in [-0.05, 0) is 31.2 Å². The van der Waals surface area contributed by atoms with Crippen molar-refractivity contribution in [3.63, 3.8) is 0 Å². The quantitative estimate of drug-likeness (QED) is 0.676. The Kier molecular flexibility index (Phi) is 7.25. The molecule has 156 valence electrons. The van der Waals surface area contributed by atoms with Gasteiger partial charge in [-0.2, -0.15) is 5.26 Å². The SMILES string of the molecule is CCOC(=O)C1=C(O)/C(=C/c2ccccc2OCC#N)SC1=NC(=O)c1ccccc1. The highest BCUT2D eigenvalue weighted by atomic mass is 32.2. The van der Waals surface area contributed by atoms with Crippen molar-refractivity contribution in [3.05, 3.63) is 82.0 Å². The molecule has 8 heteroatoms. The molecule has 0 aromatic heterocycles. The molecule has 0 spiro atoms. The molecule has 0 saturated carbocycles. The Balaban J connectivity index is 2.02. The maximum atomic E-state index is 12.5. The summed E-state index contributed by atoms with van der Waals surface area (Å²) in [6, 6.07) is 17.3. The Hall–Kier alpha value is -3.83. The van der Waals surface area contributed by atoms with Crippen LogP contribution in [0, 0.1) is 11.3 Å². The number of amides is 1. The van der Waals surface area contributed by atoms with Crippen LogP contribution in [0.2, 0.25) is 0 Å². The van der Waals surface area contributed by atoms with Crippen LogP contribution in [0.5, 0.6) is 5.75 Å². The predicted molar refractivity (Wildman–Crippen MR) is 118 cm³/mol. The van der Waals surface area contributed by atoms with Gasteiger partial charge in [0, 0.05) is 11.1 Å². The summed E-state index contributed by atoms with van der Waals surface area (Å²) in [7, 11) is 0. The molecule has 1 aliphatic rings. The van der Waals surface area contributed by atoms with E-state index < -0.39 is 11.9 Å². The number of aliphatic hydroxyl groups is 1. The number of aliphatic imine (C=N–C) groups is 1. The van der Waals surface area contributed by atoms with Crippen LogP contribution in [0.4, 0.5) is 0 Å². The minimum absolute atomic E-state index is 0.0477. The van der Waals surface area contributed by atoms with Crippen molar-refractivity contribution < 1.29 is 24.2 Å². The van der Waals surface area contributed by atoms with E-state index in [0.29, 0.717) is 21.8 Å². The van der Waals surface area contributed by atoms with Crippen molar-refractivity contribution in [2.24, 2.45) is 4.99 Å². The summed E-state index contributed by atoms with van der Waals surface area (Å²) < 4.78 is 10.4. The number of carbonyl (C=O) groups is 2. The van der Waals surface area contributed by atoms with Crippen LogP contribution in [0.25, 0.3) is 6.08 Å². The Bertz CT molecular complexity index is 1130. The third-order valence-electron chi connectivity index (χ3n) is 4.09. The van der Waals surface area contributed by atoms with Crippen LogP contribution in [0.1, 0.15) is 22.8 Å². The molecule has 0 fully saturated rings. The molecular formula is C23H18N2O5S. The number of aliphatic hydroxyl groups excluding tert-OH is 1. The molecular weight excluding hydrogens is 416 g/mol. The minimum Gasteiger partial charge on any atom is -0.506 e. The van der Waals surface area contributed by atoms with Gasteiger partial charge in [0.05, 0.1) is 11.5 Å². The summed E-state index contributed by atoms with van der Waals surface area (Å²) in [5, 5.41) is 19.5. The normalized spacial score (nSPS) is 15.7. The monoisotopic (exact) mass is 434 g/mol. The summed E-state index contributed by atoms with van der Waals surface area (Å²) in [5.41, 5.74) is 0.773. The molecule has 0 bridgehead atoms. The van der Waals surface area contributed by atoms with E-state index in [2.05, 4.69) is 4.99 Å². The van der Waals surface area contributed by atoms with Gasteiger partial charge in [-0.25, -0.2) is 9.79 Å². The molecule has 0 aliphatic carbocycles. The third-order valence-corrected chi connectivity index (χ3v) is 5.11. The fourth-order valence-electron chi connectivity index (χ4n) is 2.71. The van der Waals surface area contributed by atoms with Gasteiger partial charge in [0.1, 0.15) is 28.2 Å². The predicted octanol–water partition coefficient (Wildman–Crippen LogP) is 4.29. The highest BCUT2D eigenvalue weighted by Crippen LogP contribution is 2.40. The molecule has 7 nitrogen and oxygen atoms in total. The summed E-state index contributed by atoms with van der Waals surface area (Å²) in [4.78, 5) is 29.4. The topological polar surface area (TPSA) is 109 Å². The van der Waals surface area contributed by atoms with E-state index in [1.165, 1.54) is 0 Å². The molecule has 2 aromatic carbocycles. The number of benzene rings is 2. The highest BCUT2D eigenvalue weighted by molar-refractivity contribution is 8.18. The zero-order valence-corrected chi connectivity index (χ0v) is 17.4. The van der Waals surface area contributed by atoms with Crippen LogP contribution < -0.4 is 4.74 Å². The fraction of sp³-hybridized carbons (Fsp3) is 0.130. The summed E-state index contributed by atoms with van der Waals surface area (Å²) in [5.74, 6) is -1.22. The summed E-state index contributed by atoms with van der Waals surface area (Å²) >= 11 is 0.976. The number of carbonyl (C=O) groups excluding carboxylic acids is 2. The number of hydrogen-bond acceptors (Lipinski definition) is 7. The number of ether oxygens (including phenoxy) is 2. The van der Waals surface area contributed by atoms with Gasteiger partial charge in [-0.3, -0.25) is 4.79 Å². The van der Waals surface area contributed by atoms with Gasteiger partial charge in [0.2, 0.25) is 0 Å². The van der Waals surface area contributed by atoms with Gasteiger partial charge >= 0.3 is 5.97 Å². The van der Waals surface area contributed by atoms with Crippen molar-refractivity contribution in [1.82, 2.24) is 0 Å². The van der Waals surface area contributed by atoms with E-state index in [1.807, 2.05) is 6.07 Å². The second-order valence-corrected chi connectivity index (χ2v) is 7.16. The Morgan fingerprint density at radius 3 is 2.58 bits per heavy atom. The molecule has 0 atom stereocenters. The molecule has 3 rings (SSSR count). The van der Waals surface area contributed by atoms with Gasteiger partial charge in [0.25, 0.3) is 5.91 Å². The van der Waals surface area contributed by atoms with Crippen molar-refractivity contribution >= 4 is 34.8 Å². The fourth-order valence-corrected chi connectivity index (χ4v) is 3.72. The lowest BCUT2D eigenvalue weighted by Gasteiger charge is -2.06. The standard InChI is InChI=1S/C23H18N2O5S/c1-2-29-23(28)19-20(26)18(14-16-10-6-7-11-17(16)30-13-12-24)31-22(19)25-21(27)15-8-4-3-5-9-15/h3-11,14,26H,2,13H2,1H3/b18-14-,25-22?. The first-order valence-corrected chi connectivity index (χ1v) is 10.1. The third kappa shape index (κ3) is 5.21. The van der Waals surface area contributed by atoms with E-state index in [-0.39, 0.29) is 29.6 Å². The van der Waals surface area contributed by atoms with Crippen LogP contribution in [-0.2, 0) is 9.53 Å². The average molecular weight is 434 g/mol. The lowest BCUT2D eigenvalue weighted by Crippen LogP contribution is -2.14. The van der Waals surface area contributed by atoms with Crippen molar-refractivity contribution in [2.45, 2.75) is 6.92 Å². The van der Waals surface area contributed by atoms with Gasteiger partial charge in [-0.1, -0.05) is 48.2 Å². The highest BCUT2D eigenvalue weighted by Gasteiger charge is 2.34. The molecule has 1 aliphatic heterocycles. The molecule has 1 amide bonds. The largest absolute Gasteiger partial charge is 0.506 e. The maximum Gasteiger partial charge on any atom is 0.344 e. The number of para-hydroxylation sites is 1. The van der Waals surface area contributed by atoms with Crippen molar-refractivity contribution in [1.29, 1.82) is 5.26 Å². The molecule has 31 heavy (non-hydrogen) atoms. The van der Waals surface area contributed by atoms with Crippen molar-refractivity contribution in [2.75, 3.05) is 13.2 Å². The van der Waals surface area contributed by atoms with E-state index in [9.17, 15) is 14.7 Å². The van der Waals surface area contributed by atoms with Crippen LogP contribution in [0.15, 0.2) is 75.8 Å². The zero-order chi connectivity index (χ0) is 22.2. The zero-order valence-electron chi connectivity index (χ0n) is 16.6. The lowest BCUT2D eigenvalue weighted by molar-refractivity contribution is -0.138. The molecule has 0 radical (unpaired) electrons. The van der Waals surface area contributed by atoms with E-state index >= 15 is 0 Å². The van der Waals surface area contributed by atoms with E-state index in [4.69, 9.17) is 14.7 Å². The molecule has 0 unspecified atom stereocenters. The Labute approximate surface area is 183 Å². The summed E-state index contributed by atoms with van der Waals surface area (Å²) in [6.07, 6.45) is 1.60. The Morgan fingerprint density at radius 2 is 1.87 bits per heavy atom. The van der Waals surface area contributed by atoms with Crippen molar-refractivity contribution in [3.8, 4) is 11.8 Å². The second kappa shape index (κ2) is 10.3. The van der Waals surface area contributed by atoms with Crippen LogP contribution in [0.3, 0.4) is 0 Å². The second-order valence-electron chi connectivity index (χ2n) is 6.13. The first kappa shape index (κ1) is 21.9. The first-order chi connectivity index (χ1) is 15.0. The molecule has 2 aromatic rings.